The van der Waals surface area contributed by atoms with Gasteiger partial charge in [-0.3, -0.25) is 0 Å². The van der Waals surface area contributed by atoms with Gasteiger partial charge < -0.3 is 30.6 Å². The number of aliphatic hydroxyl groups excluding tert-OH is 6. The van der Waals surface area contributed by atoms with E-state index >= 15 is 0 Å². The van der Waals surface area contributed by atoms with E-state index in [0.29, 0.717) is 0 Å². The Morgan fingerprint density at radius 1 is 0.857 bits per heavy atom. The fourth-order valence-corrected chi connectivity index (χ4v) is 0.0577. The minimum atomic E-state index is -0.954. The monoisotopic (exact) mass is 214 g/mol. The maximum Gasteiger partial charge on any atom is 0.100 e. The maximum absolute atomic E-state index is 8.17. The summed E-state index contributed by atoms with van der Waals surface area (Å²) in [6.45, 7) is 2.59. The van der Waals surface area contributed by atoms with Gasteiger partial charge in [-0.25, -0.2) is 0 Å². The van der Waals surface area contributed by atoms with E-state index in [0.717, 1.165) is 0 Å². The highest BCUT2D eigenvalue weighted by Gasteiger charge is 1.93. The molecule has 0 radical (unpaired) electrons. The zero-order valence-electron chi connectivity index (χ0n) is 8.67. The number of aliphatic hydroxyl groups is 6. The molecule has 90 valence electrons. The minimum absolute atomic E-state index is 0.139. The van der Waals surface area contributed by atoms with Crippen molar-refractivity contribution >= 4 is 0 Å². The van der Waals surface area contributed by atoms with Crippen LogP contribution in [0.5, 0.6) is 0 Å². The predicted molar refractivity (Wildman–Crippen MR) is 51.7 cm³/mol. The summed E-state index contributed by atoms with van der Waals surface area (Å²) >= 11 is 0. The van der Waals surface area contributed by atoms with E-state index in [-0.39, 0.29) is 26.4 Å². The molecular weight excluding hydrogens is 192 g/mol. The molecule has 0 aromatic rings. The summed E-state index contributed by atoms with van der Waals surface area (Å²) in [6.07, 6.45) is -1.51. The van der Waals surface area contributed by atoms with Crippen LogP contribution in [0, 0.1) is 0 Å². The molecule has 1 unspecified atom stereocenters. The zero-order chi connectivity index (χ0) is 12.0. The Kier molecular flexibility index (Phi) is 25.6. The number of hydrogen-bond acceptors (Lipinski definition) is 6. The second-order valence-corrected chi connectivity index (χ2v) is 2.37. The van der Waals surface area contributed by atoms with Gasteiger partial charge in [0.1, 0.15) is 6.10 Å². The lowest BCUT2D eigenvalue weighted by molar-refractivity contribution is 0.0450. The molecule has 0 fully saturated rings. The summed E-state index contributed by atoms with van der Waals surface area (Å²) in [7, 11) is 0. The summed E-state index contributed by atoms with van der Waals surface area (Å²) in [4.78, 5) is 0. The largest absolute Gasteiger partial charge is 0.397 e. The van der Waals surface area contributed by atoms with Crippen LogP contribution in [-0.4, -0.2) is 69.3 Å². The average Bonchev–Trinajstić information content (AvgIpc) is 2.18. The number of hydrogen-bond donors (Lipinski definition) is 6. The van der Waals surface area contributed by atoms with Crippen LogP contribution >= 0.6 is 0 Å². The first-order valence-corrected chi connectivity index (χ1v) is 4.29. The molecular formula is C8H22O6. The van der Waals surface area contributed by atoms with E-state index in [9.17, 15) is 0 Å². The van der Waals surface area contributed by atoms with E-state index < -0.39 is 12.2 Å². The molecule has 6 heteroatoms. The van der Waals surface area contributed by atoms with Crippen molar-refractivity contribution < 1.29 is 30.6 Å². The molecule has 0 aliphatic carbocycles. The highest BCUT2D eigenvalue weighted by molar-refractivity contribution is 4.44. The molecule has 6 N–H and O–H groups in total. The Hall–Kier alpha value is -0.240. The maximum atomic E-state index is 8.17. The van der Waals surface area contributed by atoms with E-state index in [1.165, 1.54) is 6.92 Å². The van der Waals surface area contributed by atoms with E-state index in [1.54, 1.807) is 6.92 Å². The van der Waals surface area contributed by atoms with Crippen LogP contribution < -0.4 is 0 Å². The molecule has 0 amide bonds. The standard InChI is InChI=1S/C3H8O3.C3H8O2.C2H6O/c4-1-3(6)2-5;1-3(5)2-4;1-2-3/h3-6H,1-2H2;3-5H,2H2,1H3;3H,2H2,1H3. The van der Waals surface area contributed by atoms with Gasteiger partial charge in [-0.2, -0.15) is 0 Å². The summed E-state index contributed by atoms with van der Waals surface area (Å²) < 4.78 is 0. The molecule has 0 spiro atoms. The first-order valence-electron chi connectivity index (χ1n) is 4.29. The van der Waals surface area contributed by atoms with Crippen LogP contribution in [0.25, 0.3) is 0 Å². The summed E-state index contributed by atoms with van der Waals surface area (Å²) in [5, 5.41) is 47.6. The van der Waals surface area contributed by atoms with Gasteiger partial charge in [0, 0.05) is 6.61 Å². The topological polar surface area (TPSA) is 121 Å². The number of rotatable bonds is 3. The Morgan fingerprint density at radius 2 is 1.07 bits per heavy atom. The lowest BCUT2D eigenvalue weighted by Gasteiger charge is -1.96. The van der Waals surface area contributed by atoms with Gasteiger partial charge in [-0.15, -0.1) is 0 Å². The van der Waals surface area contributed by atoms with Gasteiger partial charge in [0.15, 0.2) is 0 Å². The highest BCUT2D eigenvalue weighted by atomic mass is 16.3. The lowest BCUT2D eigenvalue weighted by Crippen LogP contribution is -2.15. The Labute approximate surface area is 84.1 Å². The van der Waals surface area contributed by atoms with E-state index in [1.807, 2.05) is 0 Å². The summed E-state index contributed by atoms with van der Waals surface area (Å²) in [6, 6.07) is 0. The second kappa shape index (κ2) is 18.5. The fraction of sp³-hybridized carbons (Fsp3) is 1.00. The van der Waals surface area contributed by atoms with Crippen LogP contribution in [0.15, 0.2) is 0 Å². The quantitative estimate of drug-likeness (QED) is 0.314. The van der Waals surface area contributed by atoms with Crippen LogP contribution in [0.1, 0.15) is 13.8 Å². The molecule has 14 heavy (non-hydrogen) atoms. The van der Waals surface area contributed by atoms with Crippen molar-refractivity contribution in [3.8, 4) is 0 Å². The first kappa shape index (κ1) is 19.4. The van der Waals surface area contributed by atoms with Gasteiger partial charge in [0.2, 0.25) is 0 Å². The fourth-order valence-electron chi connectivity index (χ4n) is 0.0577. The molecule has 1 atom stereocenters. The SMILES string of the molecule is CC(O)CO.CCO.OCC(O)CO. The molecule has 0 aromatic heterocycles. The van der Waals surface area contributed by atoms with Gasteiger partial charge >= 0.3 is 0 Å². The third-order valence-corrected chi connectivity index (χ3v) is 0.686. The van der Waals surface area contributed by atoms with Crippen molar-refractivity contribution in [2.45, 2.75) is 26.1 Å². The Balaban J connectivity index is -0.000000138. The molecule has 0 aliphatic rings. The van der Waals surface area contributed by atoms with Crippen molar-refractivity contribution in [2.75, 3.05) is 26.4 Å². The van der Waals surface area contributed by atoms with E-state index in [4.69, 9.17) is 30.6 Å². The third kappa shape index (κ3) is 41.0. The van der Waals surface area contributed by atoms with Crippen LogP contribution in [0.4, 0.5) is 0 Å². The molecule has 0 bridgehead atoms. The van der Waals surface area contributed by atoms with Crippen molar-refractivity contribution in [1.82, 2.24) is 0 Å². The zero-order valence-corrected chi connectivity index (χ0v) is 8.67. The Bertz CT molecular complexity index is 74.2. The van der Waals surface area contributed by atoms with Crippen molar-refractivity contribution in [1.29, 1.82) is 0 Å². The molecule has 0 saturated heterocycles. The summed E-state index contributed by atoms with van der Waals surface area (Å²) in [5.74, 6) is 0. The molecule has 6 nitrogen and oxygen atoms in total. The molecule has 0 aromatic carbocycles. The highest BCUT2D eigenvalue weighted by Crippen LogP contribution is 1.71. The first-order chi connectivity index (χ1) is 6.49. The van der Waals surface area contributed by atoms with Gasteiger partial charge in [0.25, 0.3) is 0 Å². The normalized spacial score (nSPS) is 10.9. The van der Waals surface area contributed by atoms with Gasteiger partial charge in [-0.05, 0) is 13.8 Å². The van der Waals surface area contributed by atoms with Crippen molar-refractivity contribution in [3.05, 3.63) is 0 Å². The van der Waals surface area contributed by atoms with Crippen LogP contribution in [-0.2, 0) is 0 Å². The lowest BCUT2D eigenvalue weighted by atomic mass is 10.4. The Morgan fingerprint density at radius 3 is 1.07 bits per heavy atom. The molecule has 0 rings (SSSR count). The minimum Gasteiger partial charge on any atom is -0.397 e. The van der Waals surface area contributed by atoms with Crippen molar-refractivity contribution in [2.24, 2.45) is 0 Å². The van der Waals surface area contributed by atoms with Crippen molar-refractivity contribution in [3.63, 3.8) is 0 Å². The molecule has 0 aliphatic heterocycles. The second-order valence-electron chi connectivity index (χ2n) is 2.37. The molecule has 0 heterocycles. The smallest absolute Gasteiger partial charge is 0.100 e. The van der Waals surface area contributed by atoms with E-state index in [2.05, 4.69) is 0 Å². The average molecular weight is 214 g/mol. The third-order valence-electron chi connectivity index (χ3n) is 0.686. The van der Waals surface area contributed by atoms with Crippen LogP contribution in [0.2, 0.25) is 0 Å². The van der Waals surface area contributed by atoms with Crippen LogP contribution in [0.3, 0.4) is 0 Å². The van der Waals surface area contributed by atoms with Gasteiger partial charge in [0.05, 0.1) is 25.9 Å². The van der Waals surface area contributed by atoms with Gasteiger partial charge in [-0.1, -0.05) is 0 Å². The summed E-state index contributed by atoms with van der Waals surface area (Å²) in [5.41, 5.74) is 0. The predicted octanol–water partition coefficient (Wildman–Crippen LogP) is -2.31. The molecule has 0 saturated carbocycles.